The maximum atomic E-state index is 3.92. The zero-order chi connectivity index (χ0) is 14.4. The largest absolute Gasteiger partial charge is 0.308 e. The Balaban J connectivity index is 1.49. The molecule has 0 aromatic heterocycles. The van der Waals surface area contributed by atoms with Crippen molar-refractivity contribution in [1.82, 2.24) is 15.1 Å². The molecule has 3 atom stereocenters. The van der Waals surface area contributed by atoms with Crippen molar-refractivity contribution >= 4 is 0 Å². The van der Waals surface area contributed by atoms with Crippen molar-refractivity contribution in [1.29, 1.82) is 0 Å². The molecule has 1 saturated carbocycles. The van der Waals surface area contributed by atoms with E-state index in [-0.39, 0.29) is 0 Å². The van der Waals surface area contributed by atoms with E-state index in [1.807, 2.05) is 0 Å². The summed E-state index contributed by atoms with van der Waals surface area (Å²) in [6.45, 7) is 4.98. The van der Waals surface area contributed by atoms with Gasteiger partial charge in [-0.05, 0) is 52.5 Å². The van der Waals surface area contributed by atoms with E-state index in [1.165, 1.54) is 70.9 Å². The molecule has 4 rings (SSSR count). The molecule has 1 N–H and O–H groups in total. The molecular formula is C18H33N3. The molecule has 2 bridgehead atoms. The van der Waals surface area contributed by atoms with Crippen LogP contribution >= 0.6 is 0 Å². The summed E-state index contributed by atoms with van der Waals surface area (Å²) in [6.07, 6.45) is 12.9. The molecule has 3 nitrogen and oxygen atoms in total. The van der Waals surface area contributed by atoms with E-state index >= 15 is 0 Å². The maximum absolute atomic E-state index is 3.92. The number of piperazine rings is 1. The van der Waals surface area contributed by atoms with Gasteiger partial charge in [-0.1, -0.05) is 19.3 Å². The smallest absolute Gasteiger partial charge is 0.0309 e. The van der Waals surface area contributed by atoms with Crippen LogP contribution < -0.4 is 5.32 Å². The number of hydrogen-bond acceptors (Lipinski definition) is 3. The van der Waals surface area contributed by atoms with Gasteiger partial charge >= 0.3 is 0 Å². The predicted molar refractivity (Wildman–Crippen MR) is 87.6 cm³/mol. The molecule has 3 heteroatoms. The lowest BCUT2D eigenvalue weighted by Gasteiger charge is -2.54. The number of rotatable bonds is 1. The van der Waals surface area contributed by atoms with E-state index in [2.05, 4.69) is 29.1 Å². The molecule has 1 aliphatic carbocycles. The van der Waals surface area contributed by atoms with E-state index in [4.69, 9.17) is 0 Å². The Morgan fingerprint density at radius 3 is 2.29 bits per heavy atom. The fourth-order valence-electron chi connectivity index (χ4n) is 5.78. The Labute approximate surface area is 130 Å². The minimum absolute atomic E-state index is 0.477. The van der Waals surface area contributed by atoms with Crippen LogP contribution in [-0.2, 0) is 0 Å². The Morgan fingerprint density at radius 1 is 0.952 bits per heavy atom. The van der Waals surface area contributed by atoms with Crippen LogP contribution in [0.3, 0.4) is 0 Å². The van der Waals surface area contributed by atoms with E-state index < -0.39 is 0 Å². The number of nitrogens with one attached hydrogen (secondary N) is 1. The second-order valence-electron chi connectivity index (χ2n) is 8.42. The number of nitrogens with zero attached hydrogens (tertiary/aromatic N) is 2. The summed E-state index contributed by atoms with van der Waals surface area (Å²) >= 11 is 0. The Hall–Kier alpha value is -0.120. The van der Waals surface area contributed by atoms with E-state index in [9.17, 15) is 0 Å². The van der Waals surface area contributed by atoms with E-state index in [1.54, 1.807) is 0 Å². The molecular weight excluding hydrogens is 258 g/mol. The predicted octanol–water partition coefficient (Wildman–Crippen LogP) is 2.61. The Morgan fingerprint density at radius 2 is 1.62 bits per heavy atom. The van der Waals surface area contributed by atoms with Crippen molar-refractivity contribution in [2.75, 3.05) is 20.1 Å². The second-order valence-corrected chi connectivity index (χ2v) is 8.42. The number of fused-ring (bicyclic) bond motifs is 2. The van der Waals surface area contributed by atoms with Crippen LogP contribution in [0.5, 0.6) is 0 Å². The molecule has 3 heterocycles. The molecule has 120 valence electrons. The van der Waals surface area contributed by atoms with Gasteiger partial charge in [0, 0.05) is 42.8 Å². The molecule has 0 aromatic carbocycles. The molecule has 3 unspecified atom stereocenters. The number of piperidine rings is 2. The first-order valence-electron chi connectivity index (χ1n) is 9.40. The summed E-state index contributed by atoms with van der Waals surface area (Å²) in [5, 5.41) is 3.92. The third-order valence-corrected chi connectivity index (χ3v) is 7.17. The second kappa shape index (κ2) is 5.50. The van der Waals surface area contributed by atoms with Crippen LogP contribution in [0, 0.1) is 0 Å². The number of hydrogen-bond donors (Lipinski definition) is 1. The summed E-state index contributed by atoms with van der Waals surface area (Å²) in [4.78, 5) is 5.62. The normalized spacial score (nSPS) is 44.3. The van der Waals surface area contributed by atoms with Gasteiger partial charge in [0.25, 0.3) is 0 Å². The SMILES string of the molecule is CC1CNC2(CCCC2)CN1C1CC2CCCC(C1)N2C. The van der Waals surface area contributed by atoms with Gasteiger partial charge in [0.2, 0.25) is 0 Å². The van der Waals surface area contributed by atoms with Crippen molar-refractivity contribution in [3.63, 3.8) is 0 Å². The van der Waals surface area contributed by atoms with Gasteiger partial charge in [0.05, 0.1) is 0 Å². The lowest BCUT2D eigenvalue weighted by molar-refractivity contribution is -0.0277. The van der Waals surface area contributed by atoms with Gasteiger partial charge in [-0.3, -0.25) is 4.90 Å². The van der Waals surface area contributed by atoms with Crippen LogP contribution in [0.15, 0.2) is 0 Å². The van der Waals surface area contributed by atoms with Gasteiger partial charge in [-0.15, -0.1) is 0 Å². The molecule has 3 aliphatic heterocycles. The van der Waals surface area contributed by atoms with Gasteiger partial charge in [-0.2, -0.15) is 0 Å². The molecule has 21 heavy (non-hydrogen) atoms. The van der Waals surface area contributed by atoms with Crippen LogP contribution in [0.25, 0.3) is 0 Å². The van der Waals surface area contributed by atoms with Gasteiger partial charge < -0.3 is 10.2 Å². The van der Waals surface area contributed by atoms with Crippen LogP contribution in [0.4, 0.5) is 0 Å². The Bertz CT molecular complexity index is 363. The maximum Gasteiger partial charge on any atom is 0.0309 e. The van der Waals surface area contributed by atoms with Crippen LogP contribution in [0.2, 0.25) is 0 Å². The quantitative estimate of drug-likeness (QED) is 0.801. The Kier molecular flexibility index (Phi) is 3.79. The molecule has 0 amide bonds. The minimum atomic E-state index is 0.477. The summed E-state index contributed by atoms with van der Waals surface area (Å²) in [5.74, 6) is 0. The standard InChI is InChI=1S/C18H33N3/c1-14-12-19-18(8-3-4-9-18)13-21(14)17-10-15-6-5-7-16(11-17)20(15)2/h14-17,19H,3-13H2,1-2H3. The van der Waals surface area contributed by atoms with Crippen molar-refractivity contribution in [3.8, 4) is 0 Å². The third-order valence-electron chi connectivity index (χ3n) is 7.17. The third kappa shape index (κ3) is 2.55. The van der Waals surface area contributed by atoms with E-state index in [0.717, 1.165) is 24.2 Å². The highest BCUT2D eigenvalue weighted by Gasteiger charge is 2.45. The zero-order valence-electron chi connectivity index (χ0n) is 14.0. The molecule has 0 radical (unpaired) electrons. The van der Waals surface area contributed by atoms with Gasteiger partial charge in [0.1, 0.15) is 0 Å². The zero-order valence-corrected chi connectivity index (χ0v) is 14.0. The van der Waals surface area contributed by atoms with Crippen molar-refractivity contribution in [2.45, 2.75) is 94.4 Å². The fourth-order valence-corrected chi connectivity index (χ4v) is 5.78. The average Bonchev–Trinajstić information content (AvgIpc) is 2.90. The average molecular weight is 291 g/mol. The minimum Gasteiger partial charge on any atom is -0.308 e. The highest BCUT2D eigenvalue weighted by molar-refractivity contribution is 5.04. The lowest BCUT2D eigenvalue weighted by Crippen LogP contribution is -2.66. The first kappa shape index (κ1) is 14.5. The summed E-state index contributed by atoms with van der Waals surface area (Å²) in [5.41, 5.74) is 0.477. The highest BCUT2D eigenvalue weighted by atomic mass is 15.3. The lowest BCUT2D eigenvalue weighted by atomic mass is 9.80. The monoisotopic (exact) mass is 291 g/mol. The van der Waals surface area contributed by atoms with Crippen molar-refractivity contribution in [2.24, 2.45) is 0 Å². The first-order valence-corrected chi connectivity index (χ1v) is 9.40. The highest BCUT2D eigenvalue weighted by Crippen LogP contribution is 2.39. The van der Waals surface area contributed by atoms with Crippen molar-refractivity contribution in [3.05, 3.63) is 0 Å². The summed E-state index contributed by atoms with van der Waals surface area (Å²) in [6, 6.07) is 3.31. The van der Waals surface area contributed by atoms with E-state index in [0.29, 0.717) is 5.54 Å². The van der Waals surface area contributed by atoms with Crippen molar-refractivity contribution < 1.29 is 0 Å². The fraction of sp³-hybridized carbons (Fsp3) is 1.00. The summed E-state index contributed by atoms with van der Waals surface area (Å²) in [7, 11) is 2.38. The molecule has 0 aromatic rings. The molecule has 3 saturated heterocycles. The van der Waals surface area contributed by atoms with Crippen LogP contribution in [-0.4, -0.2) is 59.6 Å². The van der Waals surface area contributed by atoms with Gasteiger partial charge in [0.15, 0.2) is 0 Å². The first-order chi connectivity index (χ1) is 10.2. The topological polar surface area (TPSA) is 18.5 Å². The van der Waals surface area contributed by atoms with Crippen LogP contribution in [0.1, 0.15) is 64.7 Å². The molecule has 4 aliphatic rings. The summed E-state index contributed by atoms with van der Waals surface area (Å²) < 4.78 is 0. The molecule has 1 spiro atoms. The molecule has 4 fully saturated rings. The van der Waals surface area contributed by atoms with Gasteiger partial charge in [-0.25, -0.2) is 0 Å².